The number of halogens is 1. The summed E-state index contributed by atoms with van der Waals surface area (Å²) in [4.78, 5) is 4.64. The van der Waals surface area contributed by atoms with Crippen molar-refractivity contribution in [2.24, 2.45) is 16.3 Å². The fourth-order valence-corrected chi connectivity index (χ4v) is 4.32. The normalized spacial score (nSPS) is 34.8. The Bertz CT molecular complexity index is 380. The molecule has 1 saturated heterocycles. The van der Waals surface area contributed by atoms with Gasteiger partial charge in [-0.25, -0.2) is 0 Å². The molecule has 1 aliphatic heterocycles. The molecule has 2 saturated carbocycles. The van der Waals surface area contributed by atoms with Gasteiger partial charge in [0.1, 0.15) is 0 Å². The van der Waals surface area contributed by atoms with Crippen LogP contribution in [0.4, 0.5) is 0 Å². The monoisotopic (exact) mass is 407 g/mol. The third kappa shape index (κ3) is 3.33. The SMILES string of the molecule is CCN=C(NC1CCCC1)NC1C2CCOC2C1(C)C.I. The predicted molar refractivity (Wildman–Crippen MR) is 97.3 cm³/mol. The Morgan fingerprint density at radius 1 is 1.19 bits per heavy atom. The minimum absolute atomic E-state index is 0. The van der Waals surface area contributed by atoms with E-state index in [9.17, 15) is 0 Å². The number of nitrogens with zero attached hydrogens (tertiary/aromatic N) is 1. The van der Waals surface area contributed by atoms with Crippen LogP contribution in [0.25, 0.3) is 0 Å². The van der Waals surface area contributed by atoms with Gasteiger partial charge >= 0.3 is 0 Å². The largest absolute Gasteiger partial charge is 0.377 e. The van der Waals surface area contributed by atoms with Gasteiger partial charge in [0.15, 0.2) is 5.96 Å². The van der Waals surface area contributed by atoms with Crippen LogP contribution in [0.5, 0.6) is 0 Å². The highest BCUT2D eigenvalue weighted by Crippen LogP contribution is 2.52. The van der Waals surface area contributed by atoms with Crippen molar-refractivity contribution in [1.29, 1.82) is 0 Å². The summed E-state index contributed by atoms with van der Waals surface area (Å²) in [5.74, 6) is 1.68. The Kier molecular flexibility index (Phi) is 5.79. The van der Waals surface area contributed by atoms with E-state index < -0.39 is 0 Å². The Morgan fingerprint density at radius 2 is 1.90 bits per heavy atom. The molecule has 122 valence electrons. The highest BCUT2D eigenvalue weighted by Gasteiger charge is 2.59. The van der Waals surface area contributed by atoms with E-state index in [2.05, 4.69) is 36.4 Å². The first-order valence-corrected chi connectivity index (χ1v) is 8.32. The summed E-state index contributed by atoms with van der Waals surface area (Å²) >= 11 is 0. The first-order valence-electron chi connectivity index (χ1n) is 8.32. The first kappa shape index (κ1) is 17.3. The molecule has 4 nitrogen and oxygen atoms in total. The van der Waals surface area contributed by atoms with Gasteiger partial charge in [-0.1, -0.05) is 26.7 Å². The summed E-state index contributed by atoms with van der Waals surface area (Å²) in [5, 5.41) is 7.33. The lowest BCUT2D eigenvalue weighted by Crippen LogP contribution is -2.68. The number of hydrogen-bond donors (Lipinski definition) is 2. The summed E-state index contributed by atoms with van der Waals surface area (Å²) < 4.78 is 5.87. The van der Waals surface area contributed by atoms with Gasteiger partial charge in [-0.05, 0) is 26.2 Å². The highest BCUT2D eigenvalue weighted by molar-refractivity contribution is 14.0. The number of hydrogen-bond acceptors (Lipinski definition) is 2. The maximum absolute atomic E-state index is 5.87. The molecule has 3 rings (SSSR count). The molecule has 0 aromatic heterocycles. The summed E-state index contributed by atoms with van der Waals surface area (Å²) in [6.07, 6.45) is 6.90. The van der Waals surface area contributed by atoms with Gasteiger partial charge in [0.25, 0.3) is 0 Å². The second-order valence-corrected chi connectivity index (χ2v) is 7.14. The van der Waals surface area contributed by atoms with Crippen molar-refractivity contribution in [3.05, 3.63) is 0 Å². The van der Waals surface area contributed by atoms with Crippen molar-refractivity contribution in [1.82, 2.24) is 10.6 Å². The smallest absolute Gasteiger partial charge is 0.191 e. The molecule has 0 aromatic carbocycles. The Hall–Kier alpha value is -0.0400. The molecule has 3 unspecified atom stereocenters. The van der Waals surface area contributed by atoms with E-state index in [0.717, 1.165) is 19.1 Å². The average molecular weight is 407 g/mol. The minimum atomic E-state index is 0. The zero-order chi connectivity index (χ0) is 14.2. The molecule has 1 heterocycles. The average Bonchev–Trinajstić information content (AvgIpc) is 3.06. The predicted octanol–water partition coefficient (Wildman–Crippen LogP) is 2.92. The third-order valence-corrected chi connectivity index (χ3v) is 5.40. The van der Waals surface area contributed by atoms with Gasteiger partial charge in [-0.15, -0.1) is 24.0 Å². The lowest BCUT2D eigenvalue weighted by molar-refractivity contribution is -0.106. The molecule has 2 aliphatic carbocycles. The van der Waals surface area contributed by atoms with E-state index in [4.69, 9.17) is 4.74 Å². The maximum atomic E-state index is 5.87. The lowest BCUT2D eigenvalue weighted by Gasteiger charge is -2.55. The quantitative estimate of drug-likeness (QED) is 0.430. The van der Waals surface area contributed by atoms with Crippen LogP contribution in [-0.4, -0.2) is 37.3 Å². The van der Waals surface area contributed by atoms with Crippen molar-refractivity contribution in [2.45, 2.75) is 71.1 Å². The van der Waals surface area contributed by atoms with Crippen molar-refractivity contribution in [3.63, 3.8) is 0 Å². The number of guanidine groups is 1. The molecular formula is C16H30IN3O. The molecule has 3 aliphatic rings. The van der Waals surface area contributed by atoms with Crippen LogP contribution in [0.1, 0.15) is 52.9 Å². The summed E-state index contributed by atoms with van der Waals surface area (Å²) in [6.45, 7) is 8.49. The maximum Gasteiger partial charge on any atom is 0.191 e. The standard InChI is InChI=1S/C16H29N3O.HI/c1-4-17-15(18-11-7-5-6-8-11)19-13-12-9-10-20-14(12)16(13,2)3;/h11-14H,4-10H2,1-3H3,(H2,17,18,19);1H. The van der Waals surface area contributed by atoms with Gasteiger partial charge < -0.3 is 15.4 Å². The Morgan fingerprint density at radius 3 is 2.57 bits per heavy atom. The van der Waals surface area contributed by atoms with E-state index in [1.165, 1.54) is 32.1 Å². The minimum Gasteiger partial charge on any atom is -0.377 e. The molecule has 0 bridgehead atoms. The molecule has 3 fully saturated rings. The van der Waals surface area contributed by atoms with E-state index in [1.807, 2.05) is 0 Å². The summed E-state index contributed by atoms with van der Waals surface area (Å²) in [6, 6.07) is 1.11. The van der Waals surface area contributed by atoms with E-state index >= 15 is 0 Å². The number of fused-ring (bicyclic) bond motifs is 1. The highest BCUT2D eigenvalue weighted by atomic mass is 127. The molecule has 2 N–H and O–H groups in total. The number of nitrogens with one attached hydrogen (secondary N) is 2. The summed E-state index contributed by atoms with van der Waals surface area (Å²) in [5.41, 5.74) is 0.215. The zero-order valence-corrected chi connectivity index (χ0v) is 15.9. The molecule has 3 atom stereocenters. The van der Waals surface area contributed by atoms with Crippen LogP contribution in [0.3, 0.4) is 0 Å². The Balaban J connectivity index is 0.00000161. The fourth-order valence-electron chi connectivity index (χ4n) is 4.32. The van der Waals surface area contributed by atoms with Gasteiger partial charge in [0.2, 0.25) is 0 Å². The Labute approximate surface area is 145 Å². The van der Waals surface area contributed by atoms with Crippen LogP contribution >= 0.6 is 24.0 Å². The van der Waals surface area contributed by atoms with Gasteiger partial charge in [-0.2, -0.15) is 0 Å². The van der Waals surface area contributed by atoms with Crippen LogP contribution in [0.2, 0.25) is 0 Å². The second kappa shape index (κ2) is 7.02. The molecule has 5 heteroatoms. The van der Waals surface area contributed by atoms with E-state index in [1.54, 1.807) is 0 Å². The van der Waals surface area contributed by atoms with Crippen molar-refractivity contribution in [3.8, 4) is 0 Å². The van der Waals surface area contributed by atoms with Crippen LogP contribution in [0.15, 0.2) is 4.99 Å². The lowest BCUT2D eigenvalue weighted by atomic mass is 9.57. The molecule has 0 aromatic rings. The van der Waals surface area contributed by atoms with Crippen LogP contribution in [0, 0.1) is 11.3 Å². The van der Waals surface area contributed by atoms with Gasteiger partial charge in [0.05, 0.1) is 6.10 Å². The second-order valence-electron chi connectivity index (χ2n) is 7.14. The van der Waals surface area contributed by atoms with Crippen molar-refractivity contribution >= 4 is 29.9 Å². The third-order valence-electron chi connectivity index (χ3n) is 5.40. The van der Waals surface area contributed by atoms with Crippen molar-refractivity contribution in [2.75, 3.05) is 13.2 Å². The topological polar surface area (TPSA) is 45.7 Å². The van der Waals surface area contributed by atoms with Crippen LogP contribution < -0.4 is 10.6 Å². The number of ether oxygens (including phenoxy) is 1. The molecule has 0 amide bonds. The van der Waals surface area contributed by atoms with Crippen molar-refractivity contribution < 1.29 is 4.74 Å². The van der Waals surface area contributed by atoms with Crippen LogP contribution in [-0.2, 0) is 4.74 Å². The van der Waals surface area contributed by atoms with E-state index in [-0.39, 0.29) is 29.4 Å². The molecule has 0 radical (unpaired) electrons. The fraction of sp³-hybridized carbons (Fsp3) is 0.938. The van der Waals surface area contributed by atoms with Gasteiger partial charge in [0, 0.05) is 36.6 Å². The molecule has 0 spiro atoms. The number of rotatable bonds is 3. The van der Waals surface area contributed by atoms with Gasteiger partial charge in [-0.3, -0.25) is 4.99 Å². The molecule has 21 heavy (non-hydrogen) atoms. The number of aliphatic imine (C=N–C) groups is 1. The molecular weight excluding hydrogens is 377 g/mol. The summed E-state index contributed by atoms with van der Waals surface area (Å²) in [7, 11) is 0. The first-order chi connectivity index (χ1) is 9.63. The zero-order valence-electron chi connectivity index (χ0n) is 13.5. The van der Waals surface area contributed by atoms with E-state index in [0.29, 0.717) is 24.1 Å².